The standard InChI is InChI=1S/C20H22N4O3/c25-19-6-3-7-23(19)16-9-21-24(12-16)17-10-22(11-17)20(26)18-8-14-4-1-2-5-15(14)13-27-18/h1-2,4-5,9,12,17-18H,3,6-8,10-11,13H2. The number of hydrogen-bond donors (Lipinski definition) is 0. The summed E-state index contributed by atoms with van der Waals surface area (Å²) in [7, 11) is 0. The lowest BCUT2D eigenvalue weighted by atomic mass is 9.97. The molecule has 0 radical (unpaired) electrons. The summed E-state index contributed by atoms with van der Waals surface area (Å²) in [4.78, 5) is 28.2. The number of ether oxygens (including phenoxy) is 1. The molecule has 2 fully saturated rings. The smallest absolute Gasteiger partial charge is 0.252 e. The zero-order valence-electron chi connectivity index (χ0n) is 15.1. The van der Waals surface area contributed by atoms with Crippen LogP contribution < -0.4 is 4.90 Å². The average molecular weight is 366 g/mol. The Morgan fingerprint density at radius 1 is 1.19 bits per heavy atom. The minimum atomic E-state index is -0.392. The molecule has 1 unspecified atom stereocenters. The Labute approximate surface area is 157 Å². The predicted molar refractivity (Wildman–Crippen MR) is 98.2 cm³/mol. The van der Waals surface area contributed by atoms with Crippen LogP contribution in [0.1, 0.15) is 30.0 Å². The van der Waals surface area contributed by atoms with Crippen molar-refractivity contribution < 1.29 is 14.3 Å². The normalized spacial score (nSPS) is 22.7. The van der Waals surface area contributed by atoms with E-state index in [0.717, 1.165) is 18.7 Å². The highest BCUT2D eigenvalue weighted by atomic mass is 16.5. The summed E-state index contributed by atoms with van der Waals surface area (Å²) in [6.45, 7) is 2.53. The van der Waals surface area contributed by atoms with E-state index in [-0.39, 0.29) is 17.9 Å². The third-order valence-corrected chi connectivity index (χ3v) is 5.76. The van der Waals surface area contributed by atoms with Gasteiger partial charge in [-0.05, 0) is 17.5 Å². The third-order valence-electron chi connectivity index (χ3n) is 5.76. The fraction of sp³-hybridized carbons (Fsp3) is 0.450. The Balaban J connectivity index is 1.19. The SMILES string of the molecule is O=C(C1Cc2ccccc2CO1)N1CC(n2cc(N3CCCC3=O)cn2)C1. The zero-order chi connectivity index (χ0) is 18.4. The molecule has 4 heterocycles. The van der Waals surface area contributed by atoms with E-state index < -0.39 is 6.10 Å². The van der Waals surface area contributed by atoms with E-state index in [1.807, 2.05) is 27.9 Å². The summed E-state index contributed by atoms with van der Waals surface area (Å²) in [6, 6.07) is 8.29. The summed E-state index contributed by atoms with van der Waals surface area (Å²) < 4.78 is 7.67. The lowest BCUT2D eigenvalue weighted by Crippen LogP contribution is -2.55. The molecule has 7 heteroatoms. The number of carbonyl (C=O) groups excluding carboxylic acids is 2. The van der Waals surface area contributed by atoms with Crippen molar-refractivity contribution in [2.45, 2.75) is 38.0 Å². The van der Waals surface area contributed by atoms with Crippen molar-refractivity contribution in [2.24, 2.45) is 0 Å². The van der Waals surface area contributed by atoms with E-state index in [1.165, 1.54) is 11.1 Å². The lowest BCUT2D eigenvalue weighted by molar-refractivity contribution is -0.151. The maximum atomic E-state index is 12.7. The van der Waals surface area contributed by atoms with Gasteiger partial charge >= 0.3 is 0 Å². The van der Waals surface area contributed by atoms with E-state index in [9.17, 15) is 9.59 Å². The van der Waals surface area contributed by atoms with Gasteiger partial charge in [-0.15, -0.1) is 0 Å². The molecule has 0 aliphatic carbocycles. The second-order valence-corrected chi connectivity index (χ2v) is 7.50. The highest BCUT2D eigenvalue weighted by molar-refractivity contribution is 5.95. The molecular formula is C20H22N4O3. The maximum absolute atomic E-state index is 12.7. The Hall–Kier alpha value is -2.67. The topological polar surface area (TPSA) is 67.7 Å². The monoisotopic (exact) mass is 366 g/mol. The van der Waals surface area contributed by atoms with E-state index >= 15 is 0 Å². The Morgan fingerprint density at radius 3 is 2.78 bits per heavy atom. The second kappa shape index (κ2) is 6.49. The van der Waals surface area contributed by atoms with Crippen LogP contribution in [-0.4, -0.2) is 52.2 Å². The van der Waals surface area contributed by atoms with Crippen LogP contribution >= 0.6 is 0 Å². The molecule has 1 atom stereocenters. The van der Waals surface area contributed by atoms with Crippen LogP contribution in [0.15, 0.2) is 36.7 Å². The lowest BCUT2D eigenvalue weighted by Gasteiger charge is -2.41. The van der Waals surface area contributed by atoms with Crippen molar-refractivity contribution in [2.75, 3.05) is 24.5 Å². The largest absolute Gasteiger partial charge is 0.363 e. The Bertz CT molecular complexity index is 887. The minimum absolute atomic E-state index is 0.0582. The highest BCUT2D eigenvalue weighted by Gasteiger charge is 2.38. The van der Waals surface area contributed by atoms with Gasteiger partial charge in [0.05, 0.1) is 24.5 Å². The summed E-state index contributed by atoms with van der Waals surface area (Å²) in [5.41, 5.74) is 3.23. The number of likely N-dealkylation sites (tertiary alicyclic amines) is 1. The van der Waals surface area contributed by atoms with Crippen molar-refractivity contribution >= 4 is 17.5 Å². The van der Waals surface area contributed by atoms with Crippen molar-refractivity contribution in [3.63, 3.8) is 0 Å². The molecule has 3 aliphatic heterocycles. The fourth-order valence-electron chi connectivity index (χ4n) is 4.10. The molecular weight excluding hydrogens is 344 g/mol. The second-order valence-electron chi connectivity index (χ2n) is 7.50. The summed E-state index contributed by atoms with van der Waals surface area (Å²) >= 11 is 0. The number of rotatable bonds is 3. The first-order chi connectivity index (χ1) is 13.2. The van der Waals surface area contributed by atoms with Gasteiger partial charge in [-0.2, -0.15) is 5.10 Å². The van der Waals surface area contributed by atoms with Crippen LogP contribution in [0.3, 0.4) is 0 Å². The Kier molecular flexibility index (Phi) is 3.97. The van der Waals surface area contributed by atoms with Gasteiger partial charge < -0.3 is 14.5 Å². The molecule has 0 N–H and O–H groups in total. The predicted octanol–water partition coefficient (Wildman–Crippen LogP) is 1.53. The van der Waals surface area contributed by atoms with Gasteiger partial charge in [0, 0.05) is 38.7 Å². The van der Waals surface area contributed by atoms with Crippen molar-refractivity contribution in [3.05, 3.63) is 47.8 Å². The molecule has 0 bridgehead atoms. The van der Waals surface area contributed by atoms with Crippen LogP contribution in [0.4, 0.5) is 5.69 Å². The van der Waals surface area contributed by atoms with Crippen LogP contribution in [0.25, 0.3) is 0 Å². The van der Waals surface area contributed by atoms with Gasteiger partial charge in [0.1, 0.15) is 6.10 Å². The van der Waals surface area contributed by atoms with E-state index in [0.29, 0.717) is 32.5 Å². The first-order valence-corrected chi connectivity index (χ1v) is 9.51. The van der Waals surface area contributed by atoms with Gasteiger partial charge in [-0.3, -0.25) is 14.3 Å². The molecule has 1 aromatic carbocycles. The molecule has 2 saturated heterocycles. The minimum Gasteiger partial charge on any atom is -0.363 e. The van der Waals surface area contributed by atoms with E-state index in [4.69, 9.17) is 4.74 Å². The molecule has 0 spiro atoms. The molecule has 7 nitrogen and oxygen atoms in total. The van der Waals surface area contributed by atoms with E-state index in [2.05, 4.69) is 17.2 Å². The first kappa shape index (κ1) is 16.5. The van der Waals surface area contributed by atoms with Crippen molar-refractivity contribution in [1.82, 2.24) is 14.7 Å². The van der Waals surface area contributed by atoms with Gasteiger partial charge in [0.25, 0.3) is 5.91 Å². The number of benzene rings is 1. The van der Waals surface area contributed by atoms with Crippen LogP contribution in [0, 0.1) is 0 Å². The number of carbonyl (C=O) groups is 2. The average Bonchev–Trinajstić information content (AvgIpc) is 3.29. The van der Waals surface area contributed by atoms with Crippen LogP contribution in [0.2, 0.25) is 0 Å². The van der Waals surface area contributed by atoms with Crippen molar-refractivity contribution in [1.29, 1.82) is 0 Å². The number of hydrogen-bond acceptors (Lipinski definition) is 4. The number of aromatic nitrogens is 2. The fourth-order valence-corrected chi connectivity index (χ4v) is 4.10. The quantitative estimate of drug-likeness (QED) is 0.826. The number of anilines is 1. The third kappa shape index (κ3) is 2.92. The molecule has 140 valence electrons. The van der Waals surface area contributed by atoms with Gasteiger partial charge in [-0.1, -0.05) is 24.3 Å². The molecule has 2 amide bonds. The summed E-state index contributed by atoms with van der Waals surface area (Å²) in [5, 5.41) is 4.41. The van der Waals surface area contributed by atoms with E-state index in [1.54, 1.807) is 11.1 Å². The number of fused-ring (bicyclic) bond motifs is 1. The number of amides is 2. The van der Waals surface area contributed by atoms with Crippen molar-refractivity contribution in [3.8, 4) is 0 Å². The zero-order valence-corrected chi connectivity index (χ0v) is 15.1. The molecule has 0 saturated carbocycles. The molecule has 2 aromatic rings. The van der Waals surface area contributed by atoms with Crippen LogP contribution in [0.5, 0.6) is 0 Å². The molecule has 27 heavy (non-hydrogen) atoms. The Morgan fingerprint density at radius 2 is 2.00 bits per heavy atom. The molecule has 1 aromatic heterocycles. The first-order valence-electron chi connectivity index (χ1n) is 9.51. The maximum Gasteiger partial charge on any atom is 0.252 e. The number of nitrogens with zero attached hydrogens (tertiary/aromatic N) is 4. The van der Waals surface area contributed by atoms with Gasteiger partial charge in [-0.25, -0.2) is 0 Å². The van der Waals surface area contributed by atoms with Gasteiger partial charge in [0.15, 0.2) is 0 Å². The highest BCUT2D eigenvalue weighted by Crippen LogP contribution is 2.28. The van der Waals surface area contributed by atoms with Crippen LogP contribution in [-0.2, 0) is 27.4 Å². The summed E-state index contributed by atoms with van der Waals surface area (Å²) in [5.74, 6) is 0.220. The summed E-state index contributed by atoms with van der Waals surface area (Å²) in [6.07, 6.45) is 5.43. The molecule has 5 rings (SSSR count). The molecule has 3 aliphatic rings. The van der Waals surface area contributed by atoms with Gasteiger partial charge in [0.2, 0.25) is 5.91 Å².